The molecule has 4 nitrogen and oxygen atoms in total. The summed E-state index contributed by atoms with van der Waals surface area (Å²) in [5.41, 5.74) is 0. The zero-order chi connectivity index (χ0) is 6.78. The number of halogens is 1. The van der Waals surface area contributed by atoms with Gasteiger partial charge in [0.2, 0.25) is 0 Å². The van der Waals surface area contributed by atoms with Crippen molar-refractivity contribution < 1.29 is 16.7 Å². The summed E-state index contributed by atoms with van der Waals surface area (Å²) in [5, 5.41) is 0. The van der Waals surface area contributed by atoms with Crippen molar-refractivity contribution in [3.63, 3.8) is 0 Å². The first-order valence-corrected chi connectivity index (χ1v) is 5.67. The van der Waals surface area contributed by atoms with E-state index in [9.17, 15) is 3.74 Å². The van der Waals surface area contributed by atoms with Gasteiger partial charge in [-0.25, -0.2) is 0 Å². The molecule has 2 N–H and O–H groups in total. The molecule has 0 aliphatic heterocycles. The maximum atomic E-state index is 10.1. The minimum atomic E-state index is -4.77. The number of hydrogen-bond acceptors (Lipinski definition) is 2. The van der Waals surface area contributed by atoms with Crippen molar-refractivity contribution in [1.82, 2.24) is 0 Å². The molecule has 0 amide bonds. The molecule has 0 aromatic heterocycles. The van der Waals surface area contributed by atoms with E-state index in [0.29, 0.717) is 0 Å². The fourth-order valence-corrected chi connectivity index (χ4v) is 0.714. The van der Waals surface area contributed by atoms with Crippen LogP contribution in [0.4, 0.5) is 0 Å². The summed E-state index contributed by atoms with van der Waals surface area (Å²) in [6.07, 6.45) is 0. The third-order valence-electron chi connectivity index (χ3n) is 0.459. The van der Waals surface area contributed by atoms with E-state index in [4.69, 9.17) is 19.8 Å². The van der Waals surface area contributed by atoms with E-state index >= 15 is 0 Å². The second kappa shape index (κ2) is 2.89. The Hall–Kier alpha value is 0.528. The van der Waals surface area contributed by atoms with Crippen molar-refractivity contribution in [2.24, 2.45) is 0 Å². The Morgan fingerprint density at radius 2 is 2.12 bits per heavy atom. The summed E-state index contributed by atoms with van der Waals surface area (Å²) in [6, 6.07) is 0. The van der Waals surface area contributed by atoms with Crippen LogP contribution in [0.5, 0.6) is 0 Å². The van der Waals surface area contributed by atoms with Gasteiger partial charge in [-0.15, -0.1) is 0 Å². The molecule has 0 fully saturated rings. The molecule has 0 heterocycles. The van der Waals surface area contributed by atoms with Crippen LogP contribution < -0.4 is 0 Å². The van der Waals surface area contributed by atoms with E-state index in [1.54, 1.807) is 0 Å². The van der Waals surface area contributed by atoms with Gasteiger partial charge in [0.1, 0.15) is 0 Å². The number of rotatable bonds is 2. The van der Waals surface area contributed by atoms with E-state index in [2.05, 4.69) is 4.74 Å². The molecule has 0 rings (SSSR count). The molecule has 0 saturated carbocycles. The van der Waals surface area contributed by atoms with Crippen LogP contribution >= 0.6 is 11.6 Å². The molecule has 0 spiro atoms. The number of alkyl halides is 1. The van der Waals surface area contributed by atoms with Crippen molar-refractivity contribution in [1.29, 1.82) is 0 Å². The Kier molecular flexibility index (Phi) is 3.09. The predicted octanol–water partition coefficient (Wildman–Crippen LogP) is -0.909. The molecule has 50 valence electrons. The Morgan fingerprint density at radius 1 is 1.75 bits per heavy atom. The molecule has 0 aliphatic rings. The third-order valence-corrected chi connectivity index (χ3v) is 3.51. The molecule has 6 heteroatoms. The van der Waals surface area contributed by atoms with Crippen LogP contribution in [0.25, 0.3) is 0 Å². The number of methoxy groups -OCH3 is 1. The Balaban J connectivity index is 3.82. The Bertz CT molecular complexity index is 109. The second-order valence-electron chi connectivity index (χ2n) is 1.12. The van der Waals surface area contributed by atoms with Crippen LogP contribution in [0.1, 0.15) is 0 Å². The van der Waals surface area contributed by atoms with Crippen LogP contribution in [-0.2, 0) is 8.48 Å². The van der Waals surface area contributed by atoms with Crippen LogP contribution in [0.2, 0.25) is 0 Å². The van der Waals surface area contributed by atoms with Crippen LogP contribution in [0, 0.1) is 0 Å². The normalized spacial score (nSPS) is 16.0. The molecule has 0 bridgehead atoms. The fraction of sp³-hybridized carbons (Fsp3) is 1.00. The summed E-state index contributed by atoms with van der Waals surface area (Å²) in [7, 11) is 1.14. The van der Waals surface area contributed by atoms with Gasteiger partial charge in [-0.3, -0.25) is 0 Å². The zero-order valence-corrected chi connectivity index (χ0v) is 6.75. The van der Waals surface area contributed by atoms with E-state index in [-0.39, 0.29) is 0 Å². The molecule has 0 aliphatic carbocycles. The van der Waals surface area contributed by atoms with Crippen molar-refractivity contribution in [2.75, 3.05) is 7.11 Å². The summed E-state index contributed by atoms with van der Waals surface area (Å²) in [4.78, 5) is 0. The van der Waals surface area contributed by atoms with Crippen molar-refractivity contribution >= 4 is 25.8 Å². The predicted molar refractivity (Wildman–Crippen MR) is 27.5 cm³/mol. The van der Waals surface area contributed by atoms with Gasteiger partial charge in [-0.05, 0) is 0 Å². The minimum absolute atomic E-state index is 1.14. The van der Waals surface area contributed by atoms with Crippen LogP contribution in [-0.4, -0.2) is 33.8 Å². The van der Waals surface area contributed by atoms with E-state index in [1.165, 1.54) is 0 Å². The summed E-state index contributed by atoms with van der Waals surface area (Å²) in [5.74, 6) is 0. The topological polar surface area (TPSA) is 66.8 Å². The molecular formula is C2H6AsClO4. The first-order chi connectivity index (χ1) is 3.48. The van der Waals surface area contributed by atoms with E-state index < -0.39 is 18.5 Å². The van der Waals surface area contributed by atoms with Gasteiger partial charge in [-0.1, -0.05) is 0 Å². The average molecular weight is 204 g/mol. The van der Waals surface area contributed by atoms with Gasteiger partial charge >= 0.3 is 53.9 Å². The second-order valence-corrected chi connectivity index (χ2v) is 5.63. The Morgan fingerprint density at radius 3 is 2.12 bits per heavy atom. The summed E-state index contributed by atoms with van der Waals surface area (Å²) >= 11 is 0.214. The SMILES string of the molecule is COC(Cl)[As](=O)(O)O. The van der Waals surface area contributed by atoms with Crippen molar-refractivity contribution in [2.45, 2.75) is 4.35 Å². The molecule has 0 radical (unpaired) electrons. The van der Waals surface area contributed by atoms with Crippen LogP contribution in [0.15, 0.2) is 0 Å². The number of ether oxygens (including phenoxy) is 1. The first-order valence-electron chi connectivity index (χ1n) is 1.70. The Labute approximate surface area is 54.4 Å². The molecule has 1 unspecified atom stereocenters. The molecular weight excluding hydrogens is 198 g/mol. The maximum absolute atomic E-state index is 10.1. The molecule has 8 heavy (non-hydrogen) atoms. The monoisotopic (exact) mass is 204 g/mol. The van der Waals surface area contributed by atoms with Gasteiger partial charge < -0.3 is 0 Å². The van der Waals surface area contributed by atoms with Gasteiger partial charge in [-0.2, -0.15) is 0 Å². The molecule has 0 saturated heterocycles. The zero-order valence-electron chi connectivity index (χ0n) is 4.11. The molecule has 0 aromatic rings. The third kappa shape index (κ3) is 2.74. The standard InChI is InChI=1S/C2H6AsClO4/c1-8-2(4)3(5,6)7/h2H,1H3,(H2,5,6,7). The van der Waals surface area contributed by atoms with Gasteiger partial charge in [0.15, 0.2) is 0 Å². The molecule has 0 aromatic carbocycles. The van der Waals surface area contributed by atoms with Gasteiger partial charge in [0.05, 0.1) is 0 Å². The van der Waals surface area contributed by atoms with Crippen molar-refractivity contribution in [3.8, 4) is 0 Å². The summed E-state index contributed by atoms with van der Waals surface area (Å²) < 4.78 is 29.2. The van der Waals surface area contributed by atoms with Gasteiger partial charge in [0.25, 0.3) is 0 Å². The number of hydrogen-bond donors (Lipinski definition) is 2. The first kappa shape index (κ1) is 8.53. The fourth-order valence-electron chi connectivity index (χ4n) is 0.137. The quantitative estimate of drug-likeness (QED) is 0.451. The van der Waals surface area contributed by atoms with Crippen LogP contribution in [0.3, 0.4) is 0 Å². The average Bonchev–Trinajstić information content (AvgIpc) is 1.62. The van der Waals surface area contributed by atoms with Gasteiger partial charge in [0, 0.05) is 0 Å². The van der Waals surface area contributed by atoms with E-state index in [0.717, 1.165) is 7.11 Å². The van der Waals surface area contributed by atoms with E-state index in [1.807, 2.05) is 0 Å². The molecule has 1 atom stereocenters. The van der Waals surface area contributed by atoms with Crippen molar-refractivity contribution in [3.05, 3.63) is 0 Å². The summed E-state index contributed by atoms with van der Waals surface area (Å²) in [6.45, 7) is 0.